The van der Waals surface area contributed by atoms with E-state index < -0.39 is 7.75 Å². The van der Waals surface area contributed by atoms with E-state index in [0.29, 0.717) is 19.7 Å². The molecule has 0 aliphatic heterocycles. The zero-order chi connectivity index (χ0) is 12.4. The topological polar surface area (TPSA) is 49.8 Å². The van der Waals surface area contributed by atoms with Crippen LogP contribution in [0, 0.1) is 0 Å². The first-order valence-electron chi connectivity index (χ1n) is 6.31. The van der Waals surface area contributed by atoms with Gasteiger partial charge in [0.25, 0.3) is 0 Å². The van der Waals surface area contributed by atoms with Crippen LogP contribution in [0.5, 0.6) is 0 Å². The molecule has 98 valence electrons. The molecule has 1 unspecified atom stereocenters. The van der Waals surface area contributed by atoms with Gasteiger partial charge in [-0.25, -0.2) is 9.24 Å². The van der Waals surface area contributed by atoms with Gasteiger partial charge in [0, 0.05) is 13.1 Å². The van der Waals surface area contributed by atoms with Crippen molar-refractivity contribution in [3.05, 3.63) is 0 Å². The number of nitrogens with zero attached hydrogens (tertiary/aromatic N) is 1. The van der Waals surface area contributed by atoms with E-state index in [1.54, 1.807) is 0 Å². The van der Waals surface area contributed by atoms with Gasteiger partial charge in [0.1, 0.15) is 0 Å². The Morgan fingerprint density at radius 1 is 1.06 bits per heavy atom. The van der Waals surface area contributed by atoms with Gasteiger partial charge in [-0.1, -0.05) is 46.5 Å². The Morgan fingerprint density at radius 3 is 2.12 bits per heavy atom. The van der Waals surface area contributed by atoms with Crippen LogP contribution < -0.4 is 0 Å². The van der Waals surface area contributed by atoms with E-state index in [0.717, 1.165) is 12.8 Å². The quantitative estimate of drug-likeness (QED) is 0.477. The molecule has 1 N–H and O–H groups in total. The highest BCUT2D eigenvalue weighted by Crippen LogP contribution is 2.45. The van der Waals surface area contributed by atoms with Gasteiger partial charge in [0.15, 0.2) is 0 Å². The van der Waals surface area contributed by atoms with Gasteiger partial charge in [-0.05, 0) is 6.42 Å². The van der Waals surface area contributed by atoms with Gasteiger partial charge in [0.2, 0.25) is 0 Å². The second-order valence-electron chi connectivity index (χ2n) is 3.88. The van der Waals surface area contributed by atoms with E-state index in [2.05, 4.69) is 6.92 Å². The van der Waals surface area contributed by atoms with Crippen LogP contribution in [0.4, 0.5) is 0 Å². The molecular weight excluding hydrogens is 225 g/mol. The Kier molecular flexibility index (Phi) is 9.24. The fraction of sp³-hybridized carbons (Fsp3) is 1.00. The highest BCUT2D eigenvalue weighted by atomic mass is 31.2. The molecular formula is C11H26NO3P. The lowest BCUT2D eigenvalue weighted by Crippen LogP contribution is -2.20. The van der Waals surface area contributed by atoms with Crippen LogP contribution in [0.15, 0.2) is 0 Å². The second kappa shape index (κ2) is 9.17. The average Bonchev–Trinajstić information content (AvgIpc) is 2.24. The second-order valence-corrected chi connectivity index (χ2v) is 5.68. The lowest BCUT2D eigenvalue weighted by molar-refractivity contribution is 0.202. The predicted octanol–water partition coefficient (Wildman–Crippen LogP) is 3.42. The molecule has 4 nitrogen and oxygen atoms in total. The molecule has 1 atom stereocenters. The number of unbranched alkanes of at least 4 members (excludes halogenated alkanes) is 4. The molecule has 0 rings (SSSR count). The Bertz CT molecular complexity index is 207. The summed E-state index contributed by atoms with van der Waals surface area (Å²) in [7, 11) is -3.52. The molecule has 0 aliphatic rings. The zero-order valence-corrected chi connectivity index (χ0v) is 11.7. The summed E-state index contributed by atoms with van der Waals surface area (Å²) in [5.74, 6) is 0. The number of hydrogen-bond acceptors (Lipinski definition) is 2. The van der Waals surface area contributed by atoms with Crippen molar-refractivity contribution in [1.29, 1.82) is 0 Å². The lowest BCUT2D eigenvalue weighted by atomic mass is 10.2. The third-order valence-electron chi connectivity index (χ3n) is 2.59. The minimum Gasteiger partial charge on any atom is -0.312 e. The standard InChI is InChI=1S/C11H26NO3P/c1-4-7-8-9-10-11-15-16(13,14)12(5-2)6-3/h4-11H2,1-3H3,(H,13,14). The molecule has 0 amide bonds. The highest BCUT2D eigenvalue weighted by Gasteiger charge is 2.26. The third-order valence-corrected chi connectivity index (χ3v) is 4.39. The maximum absolute atomic E-state index is 11.7. The molecule has 0 radical (unpaired) electrons. The summed E-state index contributed by atoms with van der Waals surface area (Å²) >= 11 is 0. The normalized spacial score (nSPS) is 15.3. The molecule has 0 saturated carbocycles. The highest BCUT2D eigenvalue weighted by molar-refractivity contribution is 7.50. The van der Waals surface area contributed by atoms with Crippen molar-refractivity contribution < 1.29 is 14.0 Å². The Hall–Kier alpha value is 0.110. The molecule has 0 fully saturated rings. The van der Waals surface area contributed by atoms with E-state index in [-0.39, 0.29) is 0 Å². The summed E-state index contributed by atoms with van der Waals surface area (Å²) in [4.78, 5) is 9.64. The summed E-state index contributed by atoms with van der Waals surface area (Å²) in [5.41, 5.74) is 0. The van der Waals surface area contributed by atoms with Crippen LogP contribution in [0.1, 0.15) is 52.9 Å². The minimum absolute atomic E-state index is 0.383. The van der Waals surface area contributed by atoms with Crippen molar-refractivity contribution >= 4 is 7.75 Å². The molecule has 0 aromatic heterocycles. The summed E-state index contributed by atoms with van der Waals surface area (Å²) in [5, 5.41) is 0. The number of rotatable bonds is 10. The van der Waals surface area contributed by atoms with Crippen LogP contribution in [0.2, 0.25) is 0 Å². The Labute approximate surface area is 99.6 Å². The van der Waals surface area contributed by atoms with Crippen LogP contribution in [-0.4, -0.2) is 29.3 Å². The molecule has 0 saturated heterocycles. The van der Waals surface area contributed by atoms with Gasteiger partial charge < -0.3 is 4.89 Å². The first-order valence-corrected chi connectivity index (χ1v) is 7.84. The van der Waals surface area contributed by atoms with Gasteiger partial charge in [-0.15, -0.1) is 0 Å². The van der Waals surface area contributed by atoms with Crippen molar-refractivity contribution in [3.63, 3.8) is 0 Å². The van der Waals surface area contributed by atoms with E-state index >= 15 is 0 Å². The van der Waals surface area contributed by atoms with Crippen molar-refractivity contribution in [2.75, 3.05) is 19.7 Å². The van der Waals surface area contributed by atoms with Crippen LogP contribution >= 0.6 is 7.75 Å². The van der Waals surface area contributed by atoms with Crippen LogP contribution in [0.3, 0.4) is 0 Å². The Morgan fingerprint density at radius 2 is 1.62 bits per heavy atom. The van der Waals surface area contributed by atoms with E-state index in [4.69, 9.17) is 4.52 Å². The lowest BCUT2D eigenvalue weighted by Gasteiger charge is -2.23. The maximum Gasteiger partial charge on any atom is 0.405 e. The summed E-state index contributed by atoms with van der Waals surface area (Å²) < 4.78 is 18.3. The monoisotopic (exact) mass is 251 g/mol. The summed E-state index contributed by atoms with van der Waals surface area (Å²) in [6, 6.07) is 0. The maximum atomic E-state index is 11.7. The van der Waals surface area contributed by atoms with Gasteiger partial charge in [-0.2, -0.15) is 0 Å². The van der Waals surface area contributed by atoms with Crippen LogP contribution in [-0.2, 0) is 9.09 Å². The Balaban J connectivity index is 3.69. The van der Waals surface area contributed by atoms with Crippen molar-refractivity contribution in [1.82, 2.24) is 4.67 Å². The van der Waals surface area contributed by atoms with Crippen LogP contribution in [0.25, 0.3) is 0 Å². The number of hydrogen-bond donors (Lipinski definition) is 1. The molecule has 0 aromatic rings. The molecule has 0 bridgehead atoms. The first kappa shape index (κ1) is 16.1. The predicted molar refractivity (Wildman–Crippen MR) is 67.5 cm³/mol. The smallest absolute Gasteiger partial charge is 0.312 e. The van der Waals surface area contributed by atoms with Crippen molar-refractivity contribution in [3.8, 4) is 0 Å². The van der Waals surface area contributed by atoms with Crippen molar-refractivity contribution in [2.45, 2.75) is 52.9 Å². The molecule has 0 heterocycles. The molecule has 0 aliphatic carbocycles. The molecule has 0 spiro atoms. The minimum atomic E-state index is -3.52. The largest absolute Gasteiger partial charge is 0.405 e. The zero-order valence-electron chi connectivity index (χ0n) is 10.8. The van der Waals surface area contributed by atoms with Crippen molar-refractivity contribution in [2.24, 2.45) is 0 Å². The summed E-state index contributed by atoms with van der Waals surface area (Å²) in [6.07, 6.45) is 5.56. The van der Waals surface area contributed by atoms with E-state index in [1.165, 1.54) is 23.9 Å². The van der Waals surface area contributed by atoms with Gasteiger partial charge >= 0.3 is 7.75 Å². The fourth-order valence-corrected chi connectivity index (χ4v) is 2.80. The van der Waals surface area contributed by atoms with Gasteiger partial charge in [-0.3, -0.25) is 4.52 Å². The molecule has 5 heteroatoms. The fourth-order valence-electron chi connectivity index (χ4n) is 1.55. The summed E-state index contributed by atoms with van der Waals surface area (Å²) in [6.45, 7) is 7.35. The van der Waals surface area contributed by atoms with E-state index in [1.807, 2.05) is 13.8 Å². The average molecular weight is 251 g/mol. The first-order chi connectivity index (χ1) is 7.58. The van der Waals surface area contributed by atoms with E-state index in [9.17, 15) is 9.46 Å². The SMILES string of the molecule is CCCCCCCOP(=O)(O)N(CC)CC. The van der Waals surface area contributed by atoms with Gasteiger partial charge in [0.05, 0.1) is 6.61 Å². The molecule has 0 aromatic carbocycles. The third kappa shape index (κ3) is 6.64. The molecule has 16 heavy (non-hydrogen) atoms.